The largest absolute Gasteiger partial charge is 0.376 e. The number of hydrogen-bond donors (Lipinski definition) is 1. The van der Waals surface area contributed by atoms with E-state index in [0.29, 0.717) is 16.2 Å². The fourth-order valence-electron chi connectivity index (χ4n) is 1.57. The van der Waals surface area contributed by atoms with Crippen molar-refractivity contribution in [2.75, 3.05) is 5.32 Å². The lowest BCUT2D eigenvalue weighted by Crippen LogP contribution is -2.23. The number of fused-ring (bicyclic) bond motifs is 1. The molecule has 1 aromatic carbocycles. The maximum absolute atomic E-state index is 12.5. The van der Waals surface area contributed by atoms with Crippen molar-refractivity contribution in [1.82, 2.24) is 4.98 Å². The molecule has 0 saturated heterocycles. The number of pyridine rings is 1. The summed E-state index contributed by atoms with van der Waals surface area (Å²) in [6.07, 6.45) is -0.799. The summed E-state index contributed by atoms with van der Waals surface area (Å²) in [4.78, 5) is 4.13. The molecular formula is C12H11ClF2N2. The Kier molecular flexibility index (Phi) is 3.43. The molecule has 5 heteroatoms. The van der Waals surface area contributed by atoms with Crippen LogP contribution in [0.3, 0.4) is 0 Å². The monoisotopic (exact) mass is 256 g/mol. The molecule has 0 aliphatic rings. The van der Waals surface area contributed by atoms with Crippen LogP contribution in [0.2, 0.25) is 5.02 Å². The number of aromatic nitrogens is 1. The van der Waals surface area contributed by atoms with E-state index in [0.717, 1.165) is 5.39 Å². The maximum Gasteiger partial charge on any atom is 0.258 e. The minimum absolute atomic E-state index is 0.510. The molecule has 2 aromatic rings. The molecule has 0 saturated carbocycles. The van der Waals surface area contributed by atoms with Gasteiger partial charge in [0, 0.05) is 17.3 Å². The van der Waals surface area contributed by atoms with Crippen LogP contribution in [0.25, 0.3) is 10.9 Å². The Bertz CT molecular complexity index is 531. The first kappa shape index (κ1) is 12.0. The number of benzene rings is 1. The van der Waals surface area contributed by atoms with Crippen LogP contribution >= 0.6 is 11.6 Å². The van der Waals surface area contributed by atoms with Crippen molar-refractivity contribution in [2.45, 2.75) is 19.4 Å². The predicted octanol–water partition coefficient (Wildman–Crippen LogP) is 3.95. The van der Waals surface area contributed by atoms with Crippen LogP contribution in [-0.4, -0.2) is 17.5 Å². The van der Waals surface area contributed by atoms with Crippen molar-refractivity contribution in [3.63, 3.8) is 0 Å². The number of nitrogens with one attached hydrogen (secondary N) is 1. The first-order valence-corrected chi connectivity index (χ1v) is 5.55. The van der Waals surface area contributed by atoms with Crippen molar-refractivity contribution in [3.8, 4) is 0 Å². The third kappa shape index (κ3) is 2.47. The molecule has 2 nitrogen and oxygen atoms in total. The van der Waals surface area contributed by atoms with Crippen molar-refractivity contribution < 1.29 is 8.78 Å². The van der Waals surface area contributed by atoms with E-state index in [4.69, 9.17) is 11.6 Å². The van der Waals surface area contributed by atoms with Gasteiger partial charge in [-0.2, -0.15) is 0 Å². The Labute approximate surface area is 103 Å². The number of rotatable bonds is 3. The van der Waals surface area contributed by atoms with Gasteiger partial charge in [-0.25, -0.2) is 8.78 Å². The van der Waals surface area contributed by atoms with Gasteiger partial charge in [-0.3, -0.25) is 4.98 Å². The third-order valence-corrected chi connectivity index (χ3v) is 2.79. The lowest BCUT2D eigenvalue weighted by molar-refractivity contribution is 0.131. The van der Waals surface area contributed by atoms with Gasteiger partial charge in [-0.15, -0.1) is 0 Å². The molecule has 0 fully saturated rings. The van der Waals surface area contributed by atoms with Gasteiger partial charge in [0.1, 0.15) is 0 Å². The van der Waals surface area contributed by atoms with E-state index in [9.17, 15) is 8.78 Å². The second kappa shape index (κ2) is 4.84. The topological polar surface area (TPSA) is 24.9 Å². The second-order valence-corrected chi connectivity index (χ2v) is 4.17. The van der Waals surface area contributed by atoms with Gasteiger partial charge < -0.3 is 5.32 Å². The summed E-state index contributed by atoms with van der Waals surface area (Å²) in [7, 11) is 0. The molecule has 1 atom stereocenters. The van der Waals surface area contributed by atoms with E-state index in [1.807, 2.05) is 0 Å². The molecule has 1 unspecified atom stereocenters. The zero-order chi connectivity index (χ0) is 12.4. The van der Waals surface area contributed by atoms with Gasteiger partial charge in [0.05, 0.1) is 16.6 Å². The Morgan fingerprint density at radius 2 is 2.06 bits per heavy atom. The fourth-order valence-corrected chi connectivity index (χ4v) is 1.79. The van der Waals surface area contributed by atoms with Crippen LogP contribution in [0, 0.1) is 0 Å². The first-order chi connectivity index (χ1) is 8.09. The van der Waals surface area contributed by atoms with E-state index >= 15 is 0 Å². The van der Waals surface area contributed by atoms with Gasteiger partial charge in [0.15, 0.2) is 0 Å². The minimum atomic E-state index is -2.42. The average Bonchev–Trinajstić information content (AvgIpc) is 2.33. The van der Waals surface area contributed by atoms with Crippen LogP contribution in [0.15, 0.2) is 30.5 Å². The predicted molar refractivity (Wildman–Crippen MR) is 65.8 cm³/mol. The lowest BCUT2D eigenvalue weighted by atomic mass is 10.1. The summed E-state index contributed by atoms with van der Waals surface area (Å²) < 4.78 is 25.0. The number of anilines is 1. The van der Waals surface area contributed by atoms with Gasteiger partial charge in [-0.05, 0) is 31.2 Å². The Hall–Kier alpha value is -1.42. The molecule has 0 spiro atoms. The molecule has 2 rings (SSSR count). The quantitative estimate of drug-likeness (QED) is 0.899. The molecule has 1 aromatic heterocycles. The molecule has 17 heavy (non-hydrogen) atoms. The summed E-state index contributed by atoms with van der Waals surface area (Å²) in [6, 6.07) is 5.97. The minimum Gasteiger partial charge on any atom is -0.376 e. The second-order valence-electron chi connectivity index (χ2n) is 3.76. The van der Waals surface area contributed by atoms with Crippen LogP contribution < -0.4 is 5.32 Å². The van der Waals surface area contributed by atoms with E-state index in [-0.39, 0.29) is 0 Å². The number of alkyl halides is 2. The summed E-state index contributed by atoms with van der Waals surface area (Å²) in [5.74, 6) is 0. The summed E-state index contributed by atoms with van der Waals surface area (Å²) in [6.45, 7) is 1.43. The van der Waals surface area contributed by atoms with Crippen LogP contribution in [0.4, 0.5) is 14.5 Å². The Balaban J connectivity index is 2.45. The smallest absolute Gasteiger partial charge is 0.258 e. The molecule has 0 aliphatic carbocycles. The van der Waals surface area contributed by atoms with Crippen LogP contribution in [-0.2, 0) is 0 Å². The Morgan fingerprint density at radius 1 is 1.29 bits per heavy atom. The van der Waals surface area contributed by atoms with Gasteiger partial charge in [0.2, 0.25) is 0 Å². The highest BCUT2D eigenvalue weighted by molar-refractivity contribution is 6.35. The fraction of sp³-hybridized carbons (Fsp3) is 0.250. The first-order valence-electron chi connectivity index (χ1n) is 5.17. The lowest BCUT2D eigenvalue weighted by Gasteiger charge is -2.16. The van der Waals surface area contributed by atoms with Crippen LogP contribution in [0.1, 0.15) is 6.92 Å². The molecule has 90 valence electrons. The molecule has 0 aliphatic heterocycles. The summed E-state index contributed by atoms with van der Waals surface area (Å²) >= 11 is 5.99. The highest BCUT2D eigenvalue weighted by atomic mass is 35.5. The Morgan fingerprint density at radius 3 is 2.76 bits per heavy atom. The average molecular weight is 257 g/mol. The molecule has 0 bridgehead atoms. The van der Waals surface area contributed by atoms with Crippen molar-refractivity contribution >= 4 is 28.2 Å². The van der Waals surface area contributed by atoms with E-state index in [2.05, 4.69) is 10.3 Å². The number of nitrogens with zero attached hydrogens (tertiary/aromatic N) is 1. The molecule has 1 N–H and O–H groups in total. The molecule has 0 amide bonds. The van der Waals surface area contributed by atoms with Gasteiger partial charge >= 0.3 is 0 Å². The summed E-state index contributed by atoms with van der Waals surface area (Å²) in [5.41, 5.74) is 1.23. The third-order valence-electron chi connectivity index (χ3n) is 2.48. The van der Waals surface area contributed by atoms with E-state index in [1.165, 1.54) is 6.92 Å². The van der Waals surface area contributed by atoms with Crippen molar-refractivity contribution in [1.29, 1.82) is 0 Å². The number of halogens is 3. The standard InChI is InChI=1S/C12H11ClF2N2/c1-7(12(14)15)17-10-5-4-9(13)11-8(10)3-2-6-16-11/h2-7,12,17H,1H3. The molecular weight excluding hydrogens is 246 g/mol. The summed E-state index contributed by atoms with van der Waals surface area (Å²) in [5, 5.41) is 4.02. The van der Waals surface area contributed by atoms with Crippen molar-refractivity contribution in [2.24, 2.45) is 0 Å². The van der Waals surface area contributed by atoms with Crippen LogP contribution in [0.5, 0.6) is 0 Å². The number of hydrogen-bond acceptors (Lipinski definition) is 2. The normalized spacial score (nSPS) is 13.0. The zero-order valence-corrected chi connectivity index (χ0v) is 9.88. The maximum atomic E-state index is 12.5. The molecule has 0 radical (unpaired) electrons. The highest BCUT2D eigenvalue weighted by Gasteiger charge is 2.15. The SMILES string of the molecule is CC(Nc1ccc(Cl)c2ncccc12)C(F)F. The zero-order valence-electron chi connectivity index (χ0n) is 9.12. The van der Waals surface area contributed by atoms with Crippen molar-refractivity contribution in [3.05, 3.63) is 35.5 Å². The highest BCUT2D eigenvalue weighted by Crippen LogP contribution is 2.28. The van der Waals surface area contributed by atoms with E-state index in [1.54, 1.807) is 30.5 Å². The van der Waals surface area contributed by atoms with Gasteiger partial charge in [-0.1, -0.05) is 11.6 Å². The van der Waals surface area contributed by atoms with E-state index < -0.39 is 12.5 Å². The molecule has 1 heterocycles. The van der Waals surface area contributed by atoms with Gasteiger partial charge in [0.25, 0.3) is 6.43 Å².